The van der Waals surface area contributed by atoms with Gasteiger partial charge in [0.1, 0.15) is 0 Å². The molecule has 0 N–H and O–H groups in total. The zero-order valence-corrected chi connectivity index (χ0v) is 11.5. The highest BCUT2D eigenvalue weighted by molar-refractivity contribution is 9.10. The van der Waals surface area contributed by atoms with Crippen molar-refractivity contribution < 1.29 is 0 Å². The van der Waals surface area contributed by atoms with E-state index in [9.17, 15) is 0 Å². The van der Waals surface area contributed by atoms with Gasteiger partial charge in [0, 0.05) is 27.4 Å². The van der Waals surface area contributed by atoms with Gasteiger partial charge in [0.2, 0.25) is 0 Å². The molecular formula is C12H10BrN5. The van der Waals surface area contributed by atoms with Crippen LogP contribution < -0.4 is 0 Å². The minimum absolute atomic E-state index is 0.572. The van der Waals surface area contributed by atoms with Crippen molar-refractivity contribution in [2.24, 2.45) is 0 Å². The van der Waals surface area contributed by atoms with Gasteiger partial charge in [-0.25, -0.2) is 9.97 Å². The molecule has 0 saturated carbocycles. The molecule has 0 aromatic carbocycles. The van der Waals surface area contributed by atoms with Crippen LogP contribution in [0.5, 0.6) is 0 Å². The maximum atomic E-state index is 4.40. The maximum Gasteiger partial charge on any atom is 0.251 e. The summed E-state index contributed by atoms with van der Waals surface area (Å²) in [5.74, 6) is 0.572. The van der Waals surface area contributed by atoms with Gasteiger partial charge in [-0.2, -0.15) is 9.78 Å². The second-order valence-electron chi connectivity index (χ2n) is 4.06. The Kier molecular flexibility index (Phi) is 2.59. The van der Waals surface area contributed by atoms with Crippen LogP contribution in [0.15, 0.2) is 29.1 Å². The largest absolute Gasteiger partial charge is 0.261 e. The topological polar surface area (TPSA) is 56.5 Å². The molecule has 3 aromatic heterocycles. The number of fused-ring (bicyclic) bond motifs is 1. The van der Waals surface area contributed by atoms with Crippen LogP contribution in [-0.4, -0.2) is 24.7 Å². The Morgan fingerprint density at radius 2 is 1.78 bits per heavy atom. The molecule has 0 spiro atoms. The maximum absolute atomic E-state index is 4.40. The van der Waals surface area contributed by atoms with Crippen LogP contribution in [0.3, 0.4) is 0 Å². The van der Waals surface area contributed by atoms with Crippen molar-refractivity contribution in [3.63, 3.8) is 0 Å². The number of aromatic nitrogens is 5. The van der Waals surface area contributed by atoms with E-state index in [2.05, 4.69) is 36.0 Å². The summed E-state index contributed by atoms with van der Waals surface area (Å²) in [6.07, 6.45) is 5.28. The molecule has 0 atom stereocenters. The molecule has 3 aromatic rings. The minimum atomic E-state index is 0.572. The number of aryl methyl sites for hydroxylation is 2. The van der Waals surface area contributed by atoms with Gasteiger partial charge in [-0.1, -0.05) is 0 Å². The zero-order valence-electron chi connectivity index (χ0n) is 9.92. The SMILES string of the molecule is Cc1cc(C)nc(-n2ncc3c(Br)cncc32)n1. The van der Waals surface area contributed by atoms with Gasteiger partial charge in [0.15, 0.2) is 0 Å². The third-order valence-corrected chi connectivity index (χ3v) is 3.24. The lowest BCUT2D eigenvalue weighted by Gasteiger charge is -2.04. The van der Waals surface area contributed by atoms with Crippen molar-refractivity contribution in [3.8, 4) is 5.95 Å². The van der Waals surface area contributed by atoms with Crippen molar-refractivity contribution in [1.82, 2.24) is 24.7 Å². The Morgan fingerprint density at radius 3 is 2.50 bits per heavy atom. The lowest BCUT2D eigenvalue weighted by Crippen LogP contribution is -2.05. The number of nitrogens with zero attached hydrogens (tertiary/aromatic N) is 5. The predicted octanol–water partition coefficient (Wildman–Crippen LogP) is 2.59. The van der Waals surface area contributed by atoms with Crippen LogP contribution in [0.25, 0.3) is 16.9 Å². The molecular weight excluding hydrogens is 294 g/mol. The Morgan fingerprint density at radius 1 is 1.06 bits per heavy atom. The molecule has 90 valence electrons. The molecule has 0 radical (unpaired) electrons. The fourth-order valence-electron chi connectivity index (χ4n) is 1.87. The van der Waals surface area contributed by atoms with Crippen molar-refractivity contribution in [3.05, 3.63) is 40.5 Å². The predicted molar refractivity (Wildman–Crippen MR) is 71.6 cm³/mol. The minimum Gasteiger partial charge on any atom is -0.261 e. The summed E-state index contributed by atoms with van der Waals surface area (Å²) in [5, 5.41) is 5.32. The smallest absolute Gasteiger partial charge is 0.251 e. The monoisotopic (exact) mass is 303 g/mol. The van der Waals surface area contributed by atoms with E-state index in [4.69, 9.17) is 0 Å². The van der Waals surface area contributed by atoms with Gasteiger partial charge in [0.05, 0.1) is 17.9 Å². The molecule has 5 nitrogen and oxygen atoms in total. The second kappa shape index (κ2) is 4.13. The van der Waals surface area contributed by atoms with E-state index < -0.39 is 0 Å². The highest BCUT2D eigenvalue weighted by atomic mass is 79.9. The highest BCUT2D eigenvalue weighted by Gasteiger charge is 2.10. The number of rotatable bonds is 1. The summed E-state index contributed by atoms with van der Waals surface area (Å²) in [4.78, 5) is 13.0. The van der Waals surface area contributed by atoms with Gasteiger partial charge < -0.3 is 0 Å². The molecule has 0 aliphatic rings. The van der Waals surface area contributed by atoms with Gasteiger partial charge >= 0.3 is 0 Å². The van der Waals surface area contributed by atoms with Crippen LogP contribution in [-0.2, 0) is 0 Å². The molecule has 3 heterocycles. The second-order valence-corrected chi connectivity index (χ2v) is 4.92. The highest BCUT2D eigenvalue weighted by Crippen LogP contribution is 2.23. The van der Waals surface area contributed by atoms with Crippen LogP contribution in [0.4, 0.5) is 0 Å². The Balaban J connectivity index is 2.29. The first-order chi connectivity index (χ1) is 8.65. The van der Waals surface area contributed by atoms with Crippen LogP contribution in [0.2, 0.25) is 0 Å². The summed E-state index contributed by atoms with van der Waals surface area (Å²) in [6.45, 7) is 3.88. The molecule has 0 aliphatic carbocycles. The van der Waals surface area contributed by atoms with E-state index >= 15 is 0 Å². The fourth-order valence-corrected chi connectivity index (χ4v) is 2.29. The van der Waals surface area contributed by atoms with E-state index in [0.29, 0.717) is 5.95 Å². The number of hydrogen-bond acceptors (Lipinski definition) is 4. The summed E-state index contributed by atoms with van der Waals surface area (Å²) in [7, 11) is 0. The zero-order chi connectivity index (χ0) is 12.7. The summed E-state index contributed by atoms with van der Waals surface area (Å²) in [5.41, 5.74) is 2.72. The number of halogens is 1. The van der Waals surface area contributed by atoms with Crippen molar-refractivity contribution in [1.29, 1.82) is 0 Å². The van der Waals surface area contributed by atoms with Gasteiger partial charge in [-0.15, -0.1) is 0 Å². The normalized spacial score (nSPS) is 11.1. The summed E-state index contributed by atoms with van der Waals surface area (Å²) >= 11 is 3.46. The molecule has 6 heteroatoms. The standard InChI is InChI=1S/C12H10BrN5/c1-7-3-8(2)17-12(16-7)18-11-6-14-5-10(13)9(11)4-15-18/h3-6H,1-2H3. The van der Waals surface area contributed by atoms with Crippen molar-refractivity contribution >= 4 is 26.8 Å². The van der Waals surface area contributed by atoms with Crippen LogP contribution >= 0.6 is 15.9 Å². The first-order valence-corrected chi connectivity index (χ1v) is 6.24. The average molecular weight is 304 g/mol. The van der Waals surface area contributed by atoms with Crippen molar-refractivity contribution in [2.75, 3.05) is 0 Å². The van der Waals surface area contributed by atoms with E-state index in [0.717, 1.165) is 26.8 Å². The first kappa shape index (κ1) is 11.3. The molecule has 18 heavy (non-hydrogen) atoms. The Hall–Kier alpha value is -1.82. The molecule has 0 unspecified atom stereocenters. The van der Waals surface area contributed by atoms with Crippen molar-refractivity contribution in [2.45, 2.75) is 13.8 Å². The quantitative estimate of drug-likeness (QED) is 0.693. The van der Waals surface area contributed by atoms with Gasteiger partial charge in [0.25, 0.3) is 5.95 Å². The molecule has 3 rings (SSSR count). The lowest BCUT2D eigenvalue weighted by atomic mass is 10.3. The van der Waals surface area contributed by atoms with E-state index in [-0.39, 0.29) is 0 Å². The van der Waals surface area contributed by atoms with Crippen LogP contribution in [0.1, 0.15) is 11.4 Å². The molecule has 0 bridgehead atoms. The van der Waals surface area contributed by atoms with Gasteiger partial charge in [-0.05, 0) is 35.8 Å². The molecule has 0 aliphatic heterocycles. The molecule has 0 fully saturated rings. The average Bonchev–Trinajstić information content (AvgIpc) is 2.73. The van der Waals surface area contributed by atoms with E-state index in [1.807, 2.05) is 19.9 Å². The first-order valence-electron chi connectivity index (χ1n) is 5.45. The molecule has 0 amide bonds. The summed E-state index contributed by atoms with van der Waals surface area (Å²) < 4.78 is 2.61. The third-order valence-electron chi connectivity index (χ3n) is 2.61. The number of pyridine rings is 1. The Bertz CT molecular complexity index is 714. The third kappa shape index (κ3) is 1.78. The van der Waals surface area contributed by atoms with Gasteiger partial charge in [-0.3, -0.25) is 4.98 Å². The number of hydrogen-bond donors (Lipinski definition) is 0. The fraction of sp³-hybridized carbons (Fsp3) is 0.167. The lowest BCUT2D eigenvalue weighted by molar-refractivity contribution is 0.815. The summed E-state index contributed by atoms with van der Waals surface area (Å²) in [6, 6.07) is 1.93. The van der Waals surface area contributed by atoms with E-state index in [1.54, 1.807) is 23.3 Å². The molecule has 0 saturated heterocycles. The Labute approximate surface area is 112 Å². The van der Waals surface area contributed by atoms with E-state index in [1.165, 1.54) is 0 Å². The van der Waals surface area contributed by atoms with Crippen LogP contribution in [0, 0.1) is 13.8 Å².